The molecule has 152 valence electrons. The Morgan fingerprint density at radius 1 is 0.519 bits per heavy atom. The van der Waals surface area contributed by atoms with E-state index in [1.807, 2.05) is 0 Å². The third kappa shape index (κ3) is 4.32. The SMILES string of the molecule is CCC(CC)(CC)[C]1([Zr+2][C]2(C(CC)(CC)CC)C=CC=C2)C=CC=C1.[Cl-].[Cl-]. The van der Waals surface area contributed by atoms with E-state index in [2.05, 4.69) is 90.2 Å². The smallest absolute Gasteiger partial charge is 1.00 e. The van der Waals surface area contributed by atoms with Gasteiger partial charge in [0, 0.05) is 0 Å². The van der Waals surface area contributed by atoms with Crippen LogP contribution in [0.5, 0.6) is 0 Å². The van der Waals surface area contributed by atoms with Crippen LogP contribution in [0.1, 0.15) is 80.1 Å². The molecule has 0 aromatic heterocycles. The summed E-state index contributed by atoms with van der Waals surface area (Å²) in [5.74, 6) is 0. The van der Waals surface area contributed by atoms with Crippen LogP contribution in [-0.4, -0.2) is 0 Å². The van der Waals surface area contributed by atoms with E-state index in [-0.39, 0.29) is 24.8 Å². The molecule has 0 amide bonds. The van der Waals surface area contributed by atoms with Gasteiger partial charge in [-0.2, -0.15) is 0 Å². The van der Waals surface area contributed by atoms with Gasteiger partial charge in [-0.05, 0) is 0 Å². The fraction of sp³-hybridized carbons (Fsp3) is 0.667. The summed E-state index contributed by atoms with van der Waals surface area (Å²) in [5, 5.41) is 0. The van der Waals surface area contributed by atoms with Crippen LogP contribution < -0.4 is 24.8 Å². The first-order valence-corrected chi connectivity index (χ1v) is 13.0. The minimum absolute atomic E-state index is 0. The zero-order chi connectivity index (χ0) is 18.6. The van der Waals surface area contributed by atoms with Crippen LogP contribution >= 0.6 is 0 Å². The second-order valence-electron chi connectivity index (χ2n) is 7.98. The standard InChI is InChI=1S/2C12H19.2ClH.Zr/c2*1-4-12(5-2,6-3)11-9-7-8-10-11;;;/h2*7-10H,4-6H2,1-3H3;2*1H;/q;;;;+2/p-2. The Labute approximate surface area is 192 Å². The minimum atomic E-state index is -0.848. The Bertz CT molecular complexity index is 472. The Kier molecular flexibility index (Phi) is 11.2. The van der Waals surface area contributed by atoms with Gasteiger partial charge in [0.15, 0.2) is 0 Å². The van der Waals surface area contributed by atoms with Crippen molar-refractivity contribution in [2.45, 2.75) is 86.3 Å². The number of halogens is 2. The van der Waals surface area contributed by atoms with Crippen molar-refractivity contribution < 1.29 is 48.0 Å². The van der Waals surface area contributed by atoms with Gasteiger partial charge in [-0.1, -0.05) is 0 Å². The second-order valence-corrected chi connectivity index (χ2v) is 12.7. The summed E-state index contributed by atoms with van der Waals surface area (Å²) in [6, 6.07) is 0. The quantitative estimate of drug-likeness (QED) is 0.442. The van der Waals surface area contributed by atoms with Crippen molar-refractivity contribution >= 4 is 0 Å². The van der Waals surface area contributed by atoms with E-state index in [4.69, 9.17) is 0 Å². The molecule has 2 aliphatic carbocycles. The summed E-state index contributed by atoms with van der Waals surface area (Å²) in [5.41, 5.74) is 0.863. The molecule has 0 spiro atoms. The van der Waals surface area contributed by atoms with Crippen LogP contribution in [-0.2, 0) is 23.2 Å². The minimum Gasteiger partial charge on any atom is -1.00 e. The topological polar surface area (TPSA) is 0 Å². The molecule has 2 rings (SSSR count). The molecule has 27 heavy (non-hydrogen) atoms. The van der Waals surface area contributed by atoms with Crippen molar-refractivity contribution in [2.24, 2.45) is 10.8 Å². The molecule has 0 atom stereocenters. The predicted octanol–water partition coefficient (Wildman–Crippen LogP) is 2.08. The Balaban J connectivity index is 0.00000338. The van der Waals surface area contributed by atoms with Gasteiger partial charge in [-0.25, -0.2) is 0 Å². The molecule has 0 saturated carbocycles. The first kappa shape index (κ1) is 27.4. The molecule has 0 bridgehead atoms. The van der Waals surface area contributed by atoms with E-state index in [9.17, 15) is 0 Å². The van der Waals surface area contributed by atoms with E-state index in [1.54, 1.807) is 0 Å². The average Bonchev–Trinajstić information content (AvgIpc) is 3.31. The van der Waals surface area contributed by atoms with E-state index in [0.717, 1.165) is 0 Å². The van der Waals surface area contributed by atoms with Crippen molar-refractivity contribution in [3.63, 3.8) is 0 Å². The van der Waals surface area contributed by atoms with Crippen LogP contribution in [0.2, 0.25) is 6.25 Å². The fourth-order valence-electron chi connectivity index (χ4n) is 5.68. The molecule has 0 saturated heterocycles. The number of hydrogen-bond acceptors (Lipinski definition) is 0. The van der Waals surface area contributed by atoms with Crippen molar-refractivity contribution in [3.05, 3.63) is 48.6 Å². The first-order valence-electron chi connectivity index (χ1n) is 10.5. The maximum Gasteiger partial charge on any atom is -1.00 e. The summed E-state index contributed by atoms with van der Waals surface area (Å²) in [6.07, 6.45) is 27.6. The van der Waals surface area contributed by atoms with E-state index in [1.165, 1.54) is 38.5 Å². The summed E-state index contributed by atoms with van der Waals surface area (Å²) >= 11 is -0.848. The van der Waals surface area contributed by atoms with Crippen LogP contribution in [0.15, 0.2) is 48.6 Å². The van der Waals surface area contributed by atoms with Crippen LogP contribution in [0, 0.1) is 10.8 Å². The number of hydrogen-bond donors (Lipinski definition) is 0. The largest absolute Gasteiger partial charge is 1.00 e. The summed E-state index contributed by atoms with van der Waals surface area (Å²) in [6.45, 7) is 14.5. The van der Waals surface area contributed by atoms with Crippen LogP contribution in [0.3, 0.4) is 0 Å². The predicted molar refractivity (Wildman–Crippen MR) is 109 cm³/mol. The van der Waals surface area contributed by atoms with Crippen LogP contribution in [0.4, 0.5) is 0 Å². The molecular weight excluding hydrogens is 450 g/mol. The normalized spacial score (nSPS) is 18.9. The van der Waals surface area contributed by atoms with Gasteiger partial charge in [0.2, 0.25) is 0 Å². The molecule has 0 aliphatic heterocycles. The summed E-state index contributed by atoms with van der Waals surface area (Å²) in [7, 11) is 0. The third-order valence-corrected chi connectivity index (χ3v) is 14.2. The summed E-state index contributed by atoms with van der Waals surface area (Å²) < 4.78 is 0.691. The van der Waals surface area contributed by atoms with E-state index in [0.29, 0.717) is 17.1 Å². The second kappa shape index (κ2) is 11.0. The molecular formula is C24H38Cl2Zr. The monoisotopic (exact) mass is 486 g/mol. The van der Waals surface area contributed by atoms with Gasteiger partial charge in [-0.15, -0.1) is 0 Å². The molecule has 0 fully saturated rings. The van der Waals surface area contributed by atoms with Gasteiger partial charge < -0.3 is 24.8 Å². The average molecular weight is 489 g/mol. The fourth-order valence-corrected chi connectivity index (χ4v) is 13.0. The molecule has 0 aromatic rings. The zero-order valence-electron chi connectivity index (χ0n) is 18.1. The van der Waals surface area contributed by atoms with Crippen molar-refractivity contribution in [1.82, 2.24) is 0 Å². The maximum absolute atomic E-state index is 2.61. The number of rotatable bonds is 10. The van der Waals surface area contributed by atoms with Gasteiger partial charge in [0.1, 0.15) is 0 Å². The van der Waals surface area contributed by atoms with Crippen molar-refractivity contribution in [2.75, 3.05) is 0 Å². The van der Waals surface area contributed by atoms with Crippen molar-refractivity contribution in [1.29, 1.82) is 0 Å². The Morgan fingerprint density at radius 3 is 0.926 bits per heavy atom. The first-order chi connectivity index (χ1) is 12.0. The van der Waals surface area contributed by atoms with Crippen molar-refractivity contribution in [3.8, 4) is 0 Å². The van der Waals surface area contributed by atoms with Gasteiger partial charge >= 0.3 is 169 Å². The molecule has 0 aromatic carbocycles. The number of allylic oxidation sites excluding steroid dienone is 8. The molecule has 0 nitrogen and oxygen atoms in total. The van der Waals surface area contributed by atoms with Gasteiger partial charge in [0.25, 0.3) is 0 Å². The summed E-state index contributed by atoms with van der Waals surface area (Å²) in [4.78, 5) is 0. The molecule has 0 unspecified atom stereocenters. The van der Waals surface area contributed by atoms with Gasteiger partial charge in [-0.3, -0.25) is 0 Å². The Hall–Kier alpha value is 0.423. The molecule has 0 N–H and O–H groups in total. The molecule has 3 heteroatoms. The van der Waals surface area contributed by atoms with E-state index < -0.39 is 23.2 Å². The molecule has 0 heterocycles. The molecule has 2 aliphatic rings. The van der Waals surface area contributed by atoms with Gasteiger partial charge in [0.05, 0.1) is 0 Å². The Morgan fingerprint density at radius 2 is 0.741 bits per heavy atom. The zero-order valence-corrected chi connectivity index (χ0v) is 22.1. The molecule has 0 radical (unpaired) electrons. The van der Waals surface area contributed by atoms with Crippen LogP contribution in [0.25, 0.3) is 0 Å². The third-order valence-electron chi connectivity index (χ3n) is 7.89. The maximum atomic E-state index is 2.61. The van der Waals surface area contributed by atoms with E-state index >= 15 is 0 Å².